The second-order valence-electron chi connectivity index (χ2n) is 3.93. The fraction of sp³-hybridized carbons (Fsp3) is 0. The van der Waals surface area contributed by atoms with Crippen LogP contribution in [0.2, 0.25) is 0 Å². The van der Waals surface area contributed by atoms with Gasteiger partial charge in [-0.3, -0.25) is 9.38 Å². The molecule has 0 aliphatic carbocycles. The normalized spacial score (nSPS) is 10.8. The number of rotatable bonds is 2. The van der Waals surface area contributed by atoms with Crippen LogP contribution in [0.4, 0.5) is 0 Å². The van der Waals surface area contributed by atoms with Crippen LogP contribution < -0.4 is 0 Å². The minimum Gasteiger partial charge on any atom is -0.476 e. The van der Waals surface area contributed by atoms with Gasteiger partial charge in [-0.2, -0.15) is 0 Å². The zero-order chi connectivity index (χ0) is 13.4. The fourth-order valence-electron chi connectivity index (χ4n) is 1.90. The van der Waals surface area contributed by atoms with Crippen LogP contribution in [0.5, 0.6) is 0 Å². The first kappa shape index (κ1) is 11.9. The number of benzene rings is 1. The highest BCUT2D eigenvalue weighted by Gasteiger charge is 2.17. The number of fused-ring (bicyclic) bond motifs is 1. The maximum absolute atomic E-state index is 11.2. The first-order valence-electron chi connectivity index (χ1n) is 5.48. The summed E-state index contributed by atoms with van der Waals surface area (Å²) in [5, 5.41) is 9.18. The summed E-state index contributed by atoms with van der Waals surface area (Å²) in [5.74, 6) is -0.476. The molecule has 94 valence electrons. The van der Waals surface area contributed by atoms with Crippen molar-refractivity contribution in [2.75, 3.05) is 0 Å². The summed E-state index contributed by atoms with van der Waals surface area (Å²) in [6, 6.07) is 7.53. The molecule has 0 saturated heterocycles. The standard InChI is InChI=1S/C13H8BrN3O2/c14-9-3-1-8(2-4-9)12-16-11(13(18)19)10-7-15-5-6-17(10)12/h1-7H,(H,18,19). The van der Waals surface area contributed by atoms with Crippen molar-refractivity contribution < 1.29 is 9.90 Å². The van der Waals surface area contributed by atoms with Crippen molar-refractivity contribution in [3.8, 4) is 11.4 Å². The number of carboxylic acid groups (broad SMARTS) is 1. The molecule has 0 spiro atoms. The number of hydrogen-bond donors (Lipinski definition) is 1. The van der Waals surface area contributed by atoms with E-state index in [9.17, 15) is 9.90 Å². The monoisotopic (exact) mass is 317 g/mol. The second kappa shape index (κ2) is 4.47. The van der Waals surface area contributed by atoms with E-state index in [2.05, 4.69) is 25.9 Å². The Morgan fingerprint density at radius 3 is 2.68 bits per heavy atom. The lowest BCUT2D eigenvalue weighted by atomic mass is 10.2. The quantitative estimate of drug-likeness (QED) is 0.789. The van der Waals surface area contributed by atoms with E-state index in [4.69, 9.17) is 0 Å². The first-order valence-corrected chi connectivity index (χ1v) is 6.27. The highest BCUT2D eigenvalue weighted by molar-refractivity contribution is 9.10. The number of aromatic nitrogens is 3. The minimum atomic E-state index is -1.06. The van der Waals surface area contributed by atoms with Gasteiger partial charge in [-0.1, -0.05) is 28.1 Å². The first-order chi connectivity index (χ1) is 9.16. The number of carboxylic acids is 1. The molecular formula is C13H8BrN3O2. The van der Waals surface area contributed by atoms with Crippen LogP contribution in [0.25, 0.3) is 16.9 Å². The highest BCUT2D eigenvalue weighted by Crippen LogP contribution is 2.23. The number of hydrogen-bond acceptors (Lipinski definition) is 3. The van der Waals surface area contributed by atoms with E-state index in [-0.39, 0.29) is 5.69 Å². The average Bonchev–Trinajstić information content (AvgIpc) is 2.79. The van der Waals surface area contributed by atoms with E-state index in [0.717, 1.165) is 10.0 Å². The van der Waals surface area contributed by atoms with Crippen LogP contribution in [0.1, 0.15) is 10.5 Å². The van der Waals surface area contributed by atoms with E-state index < -0.39 is 5.97 Å². The molecule has 0 atom stereocenters. The van der Waals surface area contributed by atoms with Gasteiger partial charge in [0, 0.05) is 22.4 Å². The molecule has 1 N–H and O–H groups in total. The average molecular weight is 318 g/mol. The summed E-state index contributed by atoms with van der Waals surface area (Å²) in [6.07, 6.45) is 4.80. The predicted molar refractivity (Wildman–Crippen MR) is 73.1 cm³/mol. The van der Waals surface area contributed by atoms with E-state index in [1.165, 1.54) is 6.20 Å². The minimum absolute atomic E-state index is 0.00557. The van der Waals surface area contributed by atoms with E-state index in [0.29, 0.717) is 11.3 Å². The van der Waals surface area contributed by atoms with Crippen molar-refractivity contribution >= 4 is 27.4 Å². The van der Waals surface area contributed by atoms with Crippen molar-refractivity contribution in [3.05, 3.63) is 53.0 Å². The Morgan fingerprint density at radius 1 is 1.26 bits per heavy atom. The Labute approximate surface area is 116 Å². The molecular weight excluding hydrogens is 310 g/mol. The zero-order valence-corrected chi connectivity index (χ0v) is 11.2. The Kier molecular flexibility index (Phi) is 2.79. The van der Waals surface area contributed by atoms with Crippen LogP contribution in [0.15, 0.2) is 47.3 Å². The van der Waals surface area contributed by atoms with Crippen molar-refractivity contribution in [2.24, 2.45) is 0 Å². The molecule has 0 saturated carbocycles. The van der Waals surface area contributed by atoms with Gasteiger partial charge in [0.25, 0.3) is 0 Å². The molecule has 2 heterocycles. The van der Waals surface area contributed by atoms with Crippen LogP contribution in [-0.2, 0) is 0 Å². The molecule has 0 radical (unpaired) electrons. The van der Waals surface area contributed by atoms with Gasteiger partial charge in [-0.15, -0.1) is 0 Å². The van der Waals surface area contributed by atoms with Gasteiger partial charge >= 0.3 is 5.97 Å². The smallest absolute Gasteiger partial charge is 0.356 e. The summed E-state index contributed by atoms with van der Waals surface area (Å²) < 4.78 is 2.68. The molecule has 2 aromatic heterocycles. The van der Waals surface area contributed by atoms with Crippen LogP contribution in [0, 0.1) is 0 Å². The lowest BCUT2D eigenvalue weighted by Gasteiger charge is -2.00. The Balaban J connectivity index is 2.29. The summed E-state index contributed by atoms with van der Waals surface area (Å²) in [5.41, 5.74) is 1.33. The van der Waals surface area contributed by atoms with Crippen molar-refractivity contribution in [1.82, 2.24) is 14.4 Å². The molecule has 5 nitrogen and oxygen atoms in total. The van der Waals surface area contributed by atoms with Gasteiger partial charge in [0.15, 0.2) is 5.69 Å². The Hall–Kier alpha value is -2.21. The topological polar surface area (TPSA) is 67.5 Å². The number of carbonyl (C=O) groups is 1. The Bertz CT molecular complexity index is 765. The summed E-state index contributed by atoms with van der Waals surface area (Å²) in [7, 11) is 0. The number of nitrogens with zero attached hydrogens (tertiary/aromatic N) is 3. The summed E-state index contributed by atoms with van der Waals surface area (Å²) in [4.78, 5) is 19.3. The van der Waals surface area contributed by atoms with Crippen molar-refractivity contribution in [3.63, 3.8) is 0 Å². The number of aromatic carboxylic acids is 1. The number of imidazole rings is 1. The third-order valence-electron chi connectivity index (χ3n) is 2.75. The summed E-state index contributed by atoms with van der Waals surface area (Å²) >= 11 is 3.36. The zero-order valence-electron chi connectivity index (χ0n) is 9.62. The third kappa shape index (κ3) is 2.00. The van der Waals surface area contributed by atoms with Crippen LogP contribution >= 0.6 is 15.9 Å². The highest BCUT2D eigenvalue weighted by atomic mass is 79.9. The van der Waals surface area contributed by atoms with E-state index in [1.54, 1.807) is 16.8 Å². The van der Waals surface area contributed by atoms with Crippen LogP contribution in [-0.4, -0.2) is 25.4 Å². The molecule has 0 aliphatic heterocycles. The maximum Gasteiger partial charge on any atom is 0.356 e. The molecule has 0 bridgehead atoms. The van der Waals surface area contributed by atoms with Gasteiger partial charge in [-0.05, 0) is 12.1 Å². The fourth-order valence-corrected chi connectivity index (χ4v) is 2.16. The summed E-state index contributed by atoms with van der Waals surface area (Å²) in [6.45, 7) is 0. The van der Waals surface area contributed by atoms with Gasteiger partial charge in [0.2, 0.25) is 0 Å². The largest absolute Gasteiger partial charge is 0.476 e. The third-order valence-corrected chi connectivity index (χ3v) is 3.28. The lowest BCUT2D eigenvalue weighted by molar-refractivity contribution is 0.0693. The van der Waals surface area contributed by atoms with Gasteiger partial charge in [-0.25, -0.2) is 9.78 Å². The molecule has 3 rings (SSSR count). The molecule has 1 aromatic carbocycles. The Morgan fingerprint density at radius 2 is 2.00 bits per heavy atom. The van der Waals surface area contributed by atoms with Crippen LogP contribution in [0.3, 0.4) is 0 Å². The van der Waals surface area contributed by atoms with Gasteiger partial charge in [0.05, 0.1) is 11.7 Å². The van der Waals surface area contributed by atoms with Gasteiger partial charge in [0.1, 0.15) is 5.82 Å². The lowest BCUT2D eigenvalue weighted by Crippen LogP contribution is -1.97. The molecule has 6 heteroatoms. The molecule has 19 heavy (non-hydrogen) atoms. The van der Waals surface area contributed by atoms with E-state index in [1.807, 2.05) is 24.3 Å². The molecule has 0 aliphatic rings. The maximum atomic E-state index is 11.2. The van der Waals surface area contributed by atoms with E-state index >= 15 is 0 Å². The predicted octanol–water partition coefficient (Wildman–Crippen LogP) is 2.86. The molecule has 0 unspecified atom stereocenters. The number of halogens is 1. The van der Waals surface area contributed by atoms with Gasteiger partial charge < -0.3 is 5.11 Å². The molecule has 0 fully saturated rings. The molecule has 0 amide bonds. The SMILES string of the molecule is O=C(O)c1nc(-c2ccc(Br)cc2)n2ccncc12. The van der Waals surface area contributed by atoms with Crippen molar-refractivity contribution in [2.45, 2.75) is 0 Å². The van der Waals surface area contributed by atoms with Crippen molar-refractivity contribution in [1.29, 1.82) is 0 Å². The molecule has 3 aromatic rings. The second-order valence-corrected chi connectivity index (χ2v) is 4.84.